The Kier molecular flexibility index (Phi) is 5.92. The first-order valence-corrected chi connectivity index (χ1v) is 11.6. The number of carbonyl (C=O) groups is 2. The minimum atomic E-state index is -3.13. The molecule has 3 rings (SSSR count). The van der Waals surface area contributed by atoms with Gasteiger partial charge in [0.1, 0.15) is 16.2 Å². The second-order valence-corrected chi connectivity index (χ2v) is 10.7. The lowest BCUT2D eigenvalue weighted by Gasteiger charge is -2.30. The number of amides is 2. The molecule has 0 radical (unpaired) electrons. The summed E-state index contributed by atoms with van der Waals surface area (Å²) in [5.41, 5.74) is 0.521. The van der Waals surface area contributed by atoms with Crippen molar-refractivity contribution in [2.45, 2.75) is 25.4 Å². The molecule has 1 aromatic rings. The summed E-state index contributed by atoms with van der Waals surface area (Å²) in [5, 5.41) is 0. The molecule has 28 heavy (non-hydrogen) atoms. The maximum atomic E-state index is 13.4. The molecule has 1 aromatic carbocycles. The Morgan fingerprint density at radius 3 is 2.79 bits per heavy atom. The van der Waals surface area contributed by atoms with E-state index in [9.17, 15) is 22.4 Å². The SMILES string of the molecule is C[C@H](C(=O)N(C)[C@@H]1CCS(=O)(=O)C1)N1C(=O)/C(=C/c2cccc(F)c2)SC1=S. The molecule has 0 aromatic heterocycles. The van der Waals surface area contributed by atoms with E-state index in [4.69, 9.17) is 12.2 Å². The number of hydrogen-bond acceptors (Lipinski definition) is 6. The Balaban J connectivity index is 1.76. The normalized spacial score (nSPS) is 24.0. The number of benzene rings is 1. The van der Waals surface area contributed by atoms with Crippen LogP contribution in [0.15, 0.2) is 29.2 Å². The van der Waals surface area contributed by atoms with Crippen LogP contribution >= 0.6 is 24.0 Å². The highest BCUT2D eigenvalue weighted by Crippen LogP contribution is 2.34. The van der Waals surface area contributed by atoms with Crippen LogP contribution in [0, 0.1) is 5.82 Å². The van der Waals surface area contributed by atoms with Crippen molar-refractivity contribution in [3.63, 3.8) is 0 Å². The molecule has 0 spiro atoms. The minimum Gasteiger partial charge on any atom is -0.340 e. The number of halogens is 1. The largest absolute Gasteiger partial charge is 0.340 e. The number of sulfone groups is 1. The van der Waals surface area contributed by atoms with E-state index in [0.29, 0.717) is 16.9 Å². The van der Waals surface area contributed by atoms with Gasteiger partial charge in [0.2, 0.25) is 5.91 Å². The van der Waals surface area contributed by atoms with Crippen molar-refractivity contribution >= 4 is 56.0 Å². The molecular formula is C18H19FN2O4S3. The number of hydrogen-bond donors (Lipinski definition) is 0. The van der Waals surface area contributed by atoms with Gasteiger partial charge in [0.15, 0.2) is 9.84 Å². The molecule has 2 aliphatic heterocycles. The van der Waals surface area contributed by atoms with Crippen LogP contribution in [0.4, 0.5) is 4.39 Å². The van der Waals surface area contributed by atoms with Crippen molar-refractivity contribution in [3.05, 3.63) is 40.6 Å². The number of thioether (sulfide) groups is 1. The molecule has 2 fully saturated rings. The fourth-order valence-corrected chi connectivity index (χ4v) is 6.42. The summed E-state index contributed by atoms with van der Waals surface area (Å²) >= 11 is 6.33. The zero-order chi connectivity index (χ0) is 20.6. The van der Waals surface area contributed by atoms with Gasteiger partial charge in [0, 0.05) is 13.1 Å². The number of rotatable bonds is 4. The molecule has 10 heteroatoms. The van der Waals surface area contributed by atoms with E-state index < -0.39 is 33.6 Å². The van der Waals surface area contributed by atoms with Crippen LogP contribution < -0.4 is 0 Å². The highest BCUT2D eigenvalue weighted by molar-refractivity contribution is 8.26. The van der Waals surface area contributed by atoms with Gasteiger partial charge in [-0.05, 0) is 37.1 Å². The molecule has 6 nitrogen and oxygen atoms in total. The summed E-state index contributed by atoms with van der Waals surface area (Å²) in [7, 11) is -1.59. The van der Waals surface area contributed by atoms with Crippen LogP contribution in [0.1, 0.15) is 18.9 Å². The van der Waals surface area contributed by atoms with E-state index in [1.54, 1.807) is 26.1 Å². The first kappa shape index (κ1) is 20.9. The summed E-state index contributed by atoms with van der Waals surface area (Å²) in [6, 6.07) is 4.55. The van der Waals surface area contributed by atoms with Gasteiger partial charge in [-0.15, -0.1) is 0 Å². The maximum absolute atomic E-state index is 13.4. The first-order chi connectivity index (χ1) is 13.1. The molecule has 2 heterocycles. The number of thiocarbonyl (C=S) groups is 1. The Bertz CT molecular complexity index is 977. The third kappa shape index (κ3) is 4.28. The summed E-state index contributed by atoms with van der Waals surface area (Å²) < 4.78 is 37.0. The maximum Gasteiger partial charge on any atom is 0.266 e. The van der Waals surface area contributed by atoms with E-state index in [-0.39, 0.29) is 21.7 Å². The summed E-state index contributed by atoms with van der Waals surface area (Å²) in [6.07, 6.45) is 1.92. The lowest BCUT2D eigenvalue weighted by molar-refractivity contribution is -0.139. The molecule has 2 atom stereocenters. The standard InChI is InChI=1S/C18H19FN2O4S3/c1-11(16(22)20(2)14-6-7-28(24,25)10-14)21-17(23)15(27-18(21)26)9-12-4-3-5-13(19)8-12/h3-5,8-9,11,14H,6-7,10H2,1-2H3/b15-9-/t11-,14-/m1/s1. The Morgan fingerprint density at radius 2 is 2.18 bits per heavy atom. The lowest BCUT2D eigenvalue weighted by Crippen LogP contribution is -2.50. The van der Waals surface area contributed by atoms with Gasteiger partial charge in [-0.3, -0.25) is 14.5 Å². The third-order valence-corrected chi connectivity index (χ3v) is 7.90. The second-order valence-electron chi connectivity index (χ2n) is 6.79. The predicted octanol–water partition coefficient (Wildman–Crippen LogP) is 2.06. The Labute approximate surface area is 172 Å². The smallest absolute Gasteiger partial charge is 0.266 e. The van der Waals surface area contributed by atoms with E-state index in [1.165, 1.54) is 28.0 Å². The molecule has 0 saturated carbocycles. The van der Waals surface area contributed by atoms with Gasteiger partial charge in [0.25, 0.3) is 5.91 Å². The fraction of sp³-hybridized carbons (Fsp3) is 0.389. The van der Waals surface area contributed by atoms with Gasteiger partial charge in [0.05, 0.1) is 16.4 Å². The molecular weight excluding hydrogens is 423 g/mol. The minimum absolute atomic E-state index is 0.0566. The predicted molar refractivity (Wildman–Crippen MR) is 111 cm³/mol. The van der Waals surface area contributed by atoms with Crippen LogP contribution in [0.25, 0.3) is 6.08 Å². The van der Waals surface area contributed by atoms with Crippen molar-refractivity contribution in [3.8, 4) is 0 Å². The monoisotopic (exact) mass is 442 g/mol. The molecule has 2 amide bonds. The summed E-state index contributed by atoms with van der Waals surface area (Å²) in [4.78, 5) is 28.5. The molecule has 0 N–H and O–H groups in total. The van der Waals surface area contributed by atoms with Crippen LogP contribution in [0.5, 0.6) is 0 Å². The topological polar surface area (TPSA) is 74.8 Å². The average Bonchev–Trinajstić information content (AvgIpc) is 3.12. The summed E-state index contributed by atoms with van der Waals surface area (Å²) in [6.45, 7) is 1.57. The molecule has 2 saturated heterocycles. The molecule has 0 aliphatic carbocycles. The number of carbonyl (C=O) groups excluding carboxylic acids is 2. The molecule has 0 unspecified atom stereocenters. The second kappa shape index (κ2) is 7.92. The van der Waals surface area contributed by atoms with Gasteiger partial charge < -0.3 is 4.90 Å². The zero-order valence-electron chi connectivity index (χ0n) is 15.3. The lowest BCUT2D eigenvalue weighted by atomic mass is 10.1. The summed E-state index contributed by atoms with van der Waals surface area (Å²) in [5.74, 6) is -1.22. The van der Waals surface area contributed by atoms with Crippen molar-refractivity contribution in [2.24, 2.45) is 0 Å². The average molecular weight is 443 g/mol. The van der Waals surface area contributed by atoms with E-state index in [1.807, 2.05) is 0 Å². The highest BCUT2D eigenvalue weighted by atomic mass is 32.2. The van der Waals surface area contributed by atoms with Crippen LogP contribution in [-0.2, 0) is 19.4 Å². The fourth-order valence-electron chi connectivity index (χ4n) is 3.23. The van der Waals surface area contributed by atoms with Crippen LogP contribution in [0.3, 0.4) is 0 Å². The van der Waals surface area contributed by atoms with Gasteiger partial charge in [-0.2, -0.15) is 0 Å². The van der Waals surface area contributed by atoms with Gasteiger partial charge in [-0.1, -0.05) is 36.1 Å². The number of likely N-dealkylation sites (N-methyl/N-ethyl adjacent to an activating group) is 1. The molecule has 150 valence electrons. The van der Waals surface area contributed by atoms with E-state index >= 15 is 0 Å². The number of nitrogens with zero attached hydrogens (tertiary/aromatic N) is 2. The van der Waals surface area contributed by atoms with Crippen molar-refractivity contribution in [1.82, 2.24) is 9.80 Å². The Morgan fingerprint density at radius 1 is 1.46 bits per heavy atom. The third-order valence-electron chi connectivity index (χ3n) is 4.82. The highest BCUT2D eigenvalue weighted by Gasteiger charge is 2.41. The van der Waals surface area contributed by atoms with Crippen molar-refractivity contribution in [1.29, 1.82) is 0 Å². The van der Waals surface area contributed by atoms with Crippen molar-refractivity contribution in [2.75, 3.05) is 18.6 Å². The first-order valence-electron chi connectivity index (χ1n) is 8.59. The zero-order valence-corrected chi connectivity index (χ0v) is 17.7. The van der Waals surface area contributed by atoms with Crippen LogP contribution in [0.2, 0.25) is 0 Å². The van der Waals surface area contributed by atoms with Crippen LogP contribution in [-0.4, -0.2) is 65.0 Å². The van der Waals surface area contributed by atoms with E-state index in [2.05, 4.69) is 0 Å². The van der Waals surface area contributed by atoms with Gasteiger partial charge >= 0.3 is 0 Å². The van der Waals surface area contributed by atoms with E-state index in [0.717, 1.165) is 11.8 Å². The van der Waals surface area contributed by atoms with Gasteiger partial charge in [-0.25, -0.2) is 12.8 Å². The quantitative estimate of drug-likeness (QED) is 0.525. The Hall–Kier alpha value is -1.78. The molecule has 0 bridgehead atoms. The van der Waals surface area contributed by atoms with Crippen molar-refractivity contribution < 1.29 is 22.4 Å². The molecule has 2 aliphatic rings.